The predicted octanol–water partition coefficient (Wildman–Crippen LogP) is 4.76. The summed E-state index contributed by atoms with van der Waals surface area (Å²) >= 11 is 0. The zero-order valence-corrected chi connectivity index (χ0v) is 15.0. The highest BCUT2D eigenvalue weighted by atomic mass is 16.5. The van der Waals surface area contributed by atoms with Crippen LogP contribution in [0.4, 0.5) is 0 Å². The van der Waals surface area contributed by atoms with E-state index in [4.69, 9.17) is 4.74 Å². The third kappa shape index (κ3) is 4.45. The molecule has 0 aromatic heterocycles. The summed E-state index contributed by atoms with van der Waals surface area (Å²) < 4.78 is 4.88. The predicted molar refractivity (Wildman–Crippen MR) is 97.6 cm³/mol. The molecule has 0 aliphatic heterocycles. The van der Waals surface area contributed by atoms with Crippen LogP contribution in [0.3, 0.4) is 0 Å². The second kappa shape index (κ2) is 8.65. The Morgan fingerprint density at radius 2 is 1.29 bits per heavy atom. The van der Waals surface area contributed by atoms with Crippen LogP contribution in [0.1, 0.15) is 50.4 Å². The second-order valence-electron chi connectivity index (χ2n) is 6.25. The lowest BCUT2D eigenvalue weighted by molar-refractivity contribution is -0.142. The molecule has 0 heterocycles. The van der Waals surface area contributed by atoms with E-state index in [1.54, 1.807) is 0 Å². The Labute approximate surface area is 145 Å². The Morgan fingerprint density at radius 1 is 0.875 bits per heavy atom. The summed E-state index contributed by atoms with van der Waals surface area (Å²) in [6, 6.07) is 21.3. The molecule has 0 amide bonds. The maximum Gasteiger partial charge on any atom is 0.307 e. The van der Waals surface area contributed by atoms with Gasteiger partial charge in [-0.15, -0.1) is 0 Å². The molecule has 0 fully saturated rings. The monoisotopic (exact) mass is 325 g/mol. The van der Waals surface area contributed by atoms with E-state index in [2.05, 4.69) is 74.2 Å². The van der Waals surface area contributed by atoms with Crippen molar-refractivity contribution in [3.05, 3.63) is 71.8 Å². The summed E-state index contributed by atoms with van der Waals surface area (Å²) in [4.78, 5) is 14.2. The third-order valence-corrected chi connectivity index (χ3v) is 4.66. The first-order chi connectivity index (χ1) is 11.5. The Kier molecular flexibility index (Phi) is 6.56. The van der Waals surface area contributed by atoms with Crippen molar-refractivity contribution in [2.24, 2.45) is 0 Å². The fourth-order valence-corrected chi connectivity index (χ4v) is 3.34. The minimum Gasteiger partial charge on any atom is -0.469 e. The number of hydrogen-bond donors (Lipinski definition) is 0. The van der Waals surface area contributed by atoms with Crippen molar-refractivity contribution in [1.29, 1.82) is 0 Å². The second-order valence-corrected chi connectivity index (χ2v) is 6.25. The topological polar surface area (TPSA) is 29.5 Å². The minimum absolute atomic E-state index is 0.0721. The fourth-order valence-electron chi connectivity index (χ4n) is 3.34. The fraction of sp³-hybridized carbons (Fsp3) is 0.381. The molecule has 2 rings (SSSR count). The molecular weight excluding hydrogens is 298 g/mol. The number of carbonyl (C=O) groups excluding carboxylic acids is 1. The van der Waals surface area contributed by atoms with Gasteiger partial charge < -0.3 is 4.74 Å². The van der Waals surface area contributed by atoms with Crippen LogP contribution in [0.15, 0.2) is 60.7 Å². The Balaban J connectivity index is 2.31. The average Bonchev–Trinajstić information content (AvgIpc) is 2.63. The van der Waals surface area contributed by atoms with E-state index >= 15 is 0 Å². The Bertz CT molecular complexity index is 581. The largest absolute Gasteiger partial charge is 0.469 e. The van der Waals surface area contributed by atoms with Crippen LogP contribution in [0.2, 0.25) is 0 Å². The van der Waals surface area contributed by atoms with Crippen LogP contribution >= 0.6 is 0 Å². The molecule has 2 aromatic rings. The molecule has 3 heteroatoms. The zero-order valence-electron chi connectivity index (χ0n) is 15.0. The van der Waals surface area contributed by atoms with Gasteiger partial charge in [-0.25, -0.2) is 0 Å². The molecule has 0 bridgehead atoms. The molecule has 0 saturated heterocycles. The van der Waals surface area contributed by atoms with Gasteiger partial charge in [-0.1, -0.05) is 60.7 Å². The molecule has 0 saturated carbocycles. The summed E-state index contributed by atoms with van der Waals surface area (Å²) in [5, 5.41) is 0. The van der Waals surface area contributed by atoms with Crippen molar-refractivity contribution in [3.63, 3.8) is 0 Å². The summed E-state index contributed by atoms with van der Waals surface area (Å²) in [7, 11) is 1.45. The van der Waals surface area contributed by atoms with E-state index < -0.39 is 0 Å². The van der Waals surface area contributed by atoms with Crippen LogP contribution in [0.25, 0.3) is 0 Å². The lowest BCUT2D eigenvalue weighted by Gasteiger charge is -2.39. The average molecular weight is 325 g/mol. The van der Waals surface area contributed by atoms with E-state index in [1.807, 2.05) is 12.1 Å². The van der Waals surface area contributed by atoms with Crippen molar-refractivity contribution in [2.45, 2.75) is 45.3 Å². The Morgan fingerprint density at radius 3 is 1.67 bits per heavy atom. The van der Waals surface area contributed by atoms with Crippen molar-refractivity contribution < 1.29 is 9.53 Å². The van der Waals surface area contributed by atoms with Gasteiger partial charge in [0, 0.05) is 18.1 Å². The molecule has 24 heavy (non-hydrogen) atoms. The van der Waals surface area contributed by atoms with Gasteiger partial charge in [-0.05, 0) is 31.9 Å². The normalized spacial score (nSPS) is 14.9. The molecule has 0 aliphatic rings. The summed E-state index contributed by atoms with van der Waals surface area (Å²) in [5.74, 6) is -0.173. The quantitative estimate of drug-likeness (QED) is 0.687. The van der Waals surface area contributed by atoms with Gasteiger partial charge in [0.1, 0.15) is 0 Å². The van der Waals surface area contributed by atoms with E-state index in [1.165, 1.54) is 18.2 Å². The first-order valence-electron chi connectivity index (χ1n) is 8.48. The lowest BCUT2D eigenvalue weighted by atomic mass is 9.98. The highest BCUT2D eigenvalue weighted by Gasteiger charge is 2.28. The van der Waals surface area contributed by atoms with Gasteiger partial charge in [-0.2, -0.15) is 0 Å². The lowest BCUT2D eigenvalue weighted by Crippen LogP contribution is -2.39. The number of benzene rings is 2. The molecule has 0 radical (unpaired) electrons. The molecule has 2 aromatic carbocycles. The van der Waals surface area contributed by atoms with E-state index in [0.717, 1.165) is 0 Å². The van der Waals surface area contributed by atoms with Crippen molar-refractivity contribution >= 4 is 5.97 Å². The van der Waals surface area contributed by atoms with Crippen LogP contribution < -0.4 is 0 Å². The minimum atomic E-state index is -0.173. The summed E-state index contributed by atoms with van der Waals surface area (Å²) in [6.07, 6.45) is 0.380. The molecule has 128 valence electrons. The number of carbonyl (C=O) groups is 1. The van der Waals surface area contributed by atoms with Crippen molar-refractivity contribution in [3.8, 4) is 0 Å². The van der Waals surface area contributed by atoms with Gasteiger partial charge in [0.25, 0.3) is 0 Å². The number of rotatable bonds is 7. The SMILES string of the molecule is COC(=O)CC(C)N([C@H](C)c1ccccc1)[C@H](C)c1ccccc1. The van der Waals surface area contributed by atoms with E-state index in [9.17, 15) is 4.79 Å². The summed E-state index contributed by atoms with van der Waals surface area (Å²) in [6.45, 7) is 6.49. The van der Waals surface area contributed by atoms with Crippen LogP contribution in [0, 0.1) is 0 Å². The molecular formula is C21H27NO2. The Hall–Kier alpha value is -2.13. The maximum atomic E-state index is 11.8. The molecule has 0 aliphatic carbocycles. The van der Waals surface area contributed by atoms with Gasteiger partial charge in [0.05, 0.1) is 13.5 Å². The number of hydrogen-bond acceptors (Lipinski definition) is 3. The number of nitrogens with zero attached hydrogens (tertiary/aromatic N) is 1. The molecule has 0 spiro atoms. The van der Waals surface area contributed by atoms with Crippen LogP contribution in [0.5, 0.6) is 0 Å². The first-order valence-corrected chi connectivity index (χ1v) is 8.48. The number of esters is 1. The summed E-state index contributed by atoms with van der Waals surface area (Å²) in [5.41, 5.74) is 2.49. The van der Waals surface area contributed by atoms with Crippen molar-refractivity contribution in [1.82, 2.24) is 4.90 Å². The highest BCUT2D eigenvalue weighted by molar-refractivity contribution is 5.69. The third-order valence-electron chi connectivity index (χ3n) is 4.66. The number of ether oxygens (including phenoxy) is 1. The van der Waals surface area contributed by atoms with Gasteiger partial charge in [0.15, 0.2) is 0 Å². The van der Waals surface area contributed by atoms with Gasteiger partial charge >= 0.3 is 5.97 Å². The molecule has 0 N–H and O–H groups in total. The van der Waals surface area contributed by atoms with Gasteiger partial charge in [0.2, 0.25) is 0 Å². The maximum absolute atomic E-state index is 11.8. The smallest absolute Gasteiger partial charge is 0.307 e. The molecule has 3 atom stereocenters. The first kappa shape index (κ1) is 18.2. The van der Waals surface area contributed by atoms with Gasteiger partial charge in [-0.3, -0.25) is 9.69 Å². The highest BCUT2D eigenvalue weighted by Crippen LogP contribution is 2.33. The van der Waals surface area contributed by atoms with Crippen molar-refractivity contribution in [2.75, 3.05) is 7.11 Å². The number of methoxy groups -OCH3 is 1. The van der Waals surface area contributed by atoms with E-state index in [0.29, 0.717) is 6.42 Å². The van der Waals surface area contributed by atoms with E-state index in [-0.39, 0.29) is 24.1 Å². The van der Waals surface area contributed by atoms with Crippen LogP contribution in [-0.2, 0) is 9.53 Å². The standard InChI is InChI=1S/C21H27NO2/c1-16(15-21(23)24-4)22(17(2)19-11-7-5-8-12-19)18(3)20-13-9-6-10-14-20/h5-14,16-18H,15H2,1-4H3/t16?,17-,18-/m1/s1. The zero-order chi connectivity index (χ0) is 17.5. The van der Waals surface area contributed by atoms with Crippen LogP contribution in [-0.4, -0.2) is 24.0 Å². The molecule has 3 nitrogen and oxygen atoms in total. The molecule has 1 unspecified atom stereocenters.